The molecule has 0 fully saturated rings. The van der Waals surface area contributed by atoms with Crippen molar-refractivity contribution in [2.45, 2.75) is 13.3 Å². The number of rotatable bonds is 4. The van der Waals surface area contributed by atoms with Gasteiger partial charge >= 0.3 is 0 Å². The Labute approximate surface area is 129 Å². The highest BCUT2D eigenvalue weighted by atomic mass is 79.9. The highest BCUT2D eigenvalue weighted by Crippen LogP contribution is 2.24. The summed E-state index contributed by atoms with van der Waals surface area (Å²) in [6.07, 6.45) is -0.330. The molecule has 2 rings (SSSR count). The predicted molar refractivity (Wildman–Crippen MR) is 79.8 cm³/mol. The van der Waals surface area contributed by atoms with Gasteiger partial charge in [-0.05, 0) is 58.7 Å². The van der Waals surface area contributed by atoms with Gasteiger partial charge in [0, 0.05) is 17.5 Å². The molecule has 0 N–H and O–H groups in total. The number of carbonyl (C=O) groups excluding carboxylic acids is 1. The van der Waals surface area contributed by atoms with Gasteiger partial charge in [-0.15, -0.1) is 0 Å². The second kappa shape index (κ2) is 6.35. The molecular weight excluding hydrogens is 342 g/mol. The van der Waals surface area contributed by atoms with E-state index in [1.165, 1.54) is 13.2 Å². The van der Waals surface area contributed by atoms with Gasteiger partial charge < -0.3 is 4.74 Å². The van der Waals surface area contributed by atoms with Crippen LogP contribution in [-0.2, 0) is 6.42 Å². The molecular formula is C16H13BrF2O2. The smallest absolute Gasteiger partial charge is 0.167 e. The fourth-order valence-corrected chi connectivity index (χ4v) is 2.42. The van der Waals surface area contributed by atoms with Gasteiger partial charge in [-0.2, -0.15) is 0 Å². The van der Waals surface area contributed by atoms with E-state index in [0.29, 0.717) is 11.3 Å². The van der Waals surface area contributed by atoms with Crippen LogP contribution in [0, 0.1) is 18.6 Å². The van der Waals surface area contributed by atoms with Crippen LogP contribution in [0.3, 0.4) is 0 Å². The Balaban J connectivity index is 2.30. The molecule has 0 heterocycles. The van der Waals surface area contributed by atoms with Crippen molar-refractivity contribution < 1.29 is 18.3 Å². The van der Waals surface area contributed by atoms with Crippen LogP contribution in [-0.4, -0.2) is 12.9 Å². The van der Waals surface area contributed by atoms with Crippen molar-refractivity contribution in [3.8, 4) is 5.75 Å². The second-order valence-corrected chi connectivity index (χ2v) is 5.46. The molecule has 0 aliphatic carbocycles. The summed E-state index contributed by atoms with van der Waals surface area (Å²) in [7, 11) is 1.54. The third-order valence-electron chi connectivity index (χ3n) is 3.19. The van der Waals surface area contributed by atoms with Crippen molar-refractivity contribution >= 4 is 21.7 Å². The standard InChI is InChI=1S/C16H13BrF2O2/c1-9-7-10(3-6-15(9)21-2)14(20)8-11-13(18)5-4-12(17)16(11)19/h3-7H,8H2,1-2H3. The minimum atomic E-state index is -0.742. The van der Waals surface area contributed by atoms with Crippen molar-refractivity contribution in [3.05, 3.63) is 63.1 Å². The normalized spacial score (nSPS) is 10.5. The number of methoxy groups -OCH3 is 1. The van der Waals surface area contributed by atoms with Crippen LogP contribution in [0.1, 0.15) is 21.5 Å². The summed E-state index contributed by atoms with van der Waals surface area (Å²) in [6, 6.07) is 7.30. The average molecular weight is 355 g/mol. The van der Waals surface area contributed by atoms with Crippen molar-refractivity contribution in [1.29, 1.82) is 0 Å². The van der Waals surface area contributed by atoms with Crippen molar-refractivity contribution in [3.63, 3.8) is 0 Å². The average Bonchev–Trinajstić information content (AvgIpc) is 2.47. The number of benzene rings is 2. The maximum absolute atomic E-state index is 13.9. The lowest BCUT2D eigenvalue weighted by atomic mass is 10.0. The summed E-state index contributed by atoms with van der Waals surface area (Å²) in [6.45, 7) is 1.80. The van der Waals surface area contributed by atoms with E-state index in [1.54, 1.807) is 25.1 Å². The number of carbonyl (C=O) groups is 1. The number of halogens is 3. The molecule has 2 aromatic carbocycles. The zero-order valence-electron chi connectivity index (χ0n) is 11.5. The van der Waals surface area contributed by atoms with Gasteiger partial charge in [-0.3, -0.25) is 4.79 Å². The SMILES string of the molecule is COc1ccc(C(=O)Cc2c(F)ccc(Br)c2F)cc1C. The van der Waals surface area contributed by atoms with Gasteiger partial charge in [0.1, 0.15) is 17.4 Å². The first-order chi connectivity index (χ1) is 9.93. The second-order valence-electron chi connectivity index (χ2n) is 4.61. The molecule has 0 saturated heterocycles. The van der Waals surface area contributed by atoms with Gasteiger partial charge in [0.15, 0.2) is 5.78 Å². The molecule has 0 spiro atoms. The van der Waals surface area contributed by atoms with E-state index in [9.17, 15) is 13.6 Å². The van der Waals surface area contributed by atoms with Crippen LogP contribution < -0.4 is 4.74 Å². The zero-order chi connectivity index (χ0) is 15.6. The summed E-state index contributed by atoms with van der Waals surface area (Å²) >= 11 is 2.99. The summed E-state index contributed by atoms with van der Waals surface area (Å²) < 4.78 is 32.8. The number of aryl methyl sites for hydroxylation is 1. The molecule has 0 amide bonds. The molecule has 0 unspecified atom stereocenters. The lowest BCUT2D eigenvalue weighted by molar-refractivity contribution is 0.0990. The molecule has 110 valence electrons. The lowest BCUT2D eigenvalue weighted by Crippen LogP contribution is -2.08. The van der Waals surface area contributed by atoms with Crippen molar-refractivity contribution in [1.82, 2.24) is 0 Å². The maximum Gasteiger partial charge on any atom is 0.167 e. The highest BCUT2D eigenvalue weighted by molar-refractivity contribution is 9.10. The van der Waals surface area contributed by atoms with Crippen LogP contribution in [0.15, 0.2) is 34.8 Å². The molecule has 0 saturated carbocycles. The Morgan fingerprint density at radius 1 is 1.24 bits per heavy atom. The molecule has 21 heavy (non-hydrogen) atoms. The molecule has 0 bridgehead atoms. The lowest BCUT2D eigenvalue weighted by Gasteiger charge is -2.08. The fourth-order valence-electron chi connectivity index (χ4n) is 2.05. The quantitative estimate of drug-likeness (QED) is 0.598. The molecule has 5 heteroatoms. The van der Waals surface area contributed by atoms with E-state index in [4.69, 9.17) is 4.74 Å². The van der Waals surface area contributed by atoms with Crippen LogP contribution in [0.25, 0.3) is 0 Å². The third-order valence-corrected chi connectivity index (χ3v) is 3.81. The van der Waals surface area contributed by atoms with Crippen LogP contribution in [0.4, 0.5) is 8.78 Å². The minimum absolute atomic E-state index is 0.137. The van der Waals surface area contributed by atoms with Crippen LogP contribution in [0.5, 0.6) is 5.75 Å². The predicted octanol–water partition coefficient (Wildman–Crippen LogP) is 4.47. The molecule has 0 aliphatic heterocycles. The van der Waals surface area contributed by atoms with Crippen LogP contribution >= 0.6 is 15.9 Å². The molecule has 2 nitrogen and oxygen atoms in total. The van der Waals surface area contributed by atoms with E-state index >= 15 is 0 Å². The van der Waals surface area contributed by atoms with Gasteiger partial charge in [0.2, 0.25) is 0 Å². The Morgan fingerprint density at radius 2 is 1.95 bits per heavy atom. The topological polar surface area (TPSA) is 26.3 Å². The summed E-state index contributed by atoms with van der Waals surface area (Å²) in [5.41, 5.74) is 0.952. The minimum Gasteiger partial charge on any atom is -0.496 e. The third kappa shape index (κ3) is 3.29. The molecule has 2 aromatic rings. The summed E-state index contributed by atoms with van der Waals surface area (Å²) in [4.78, 5) is 12.2. The molecule has 0 aliphatic rings. The van der Waals surface area contributed by atoms with Crippen molar-refractivity contribution in [2.24, 2.45) is 0 Å². The monoisotopic (exact) mass is 354 g/mol. The number of ketones is 1. The van der Waals surface area contributed by atoms with Gasteiger partial charge in [0.05, 0.1) is 11.6 Å². The maximum atomic E-state index is 13.9. The van der Waals surface area contributed by atoms with Gasteiger partial charge in [-0.1, -0.05) is 0 Å². The number of ether oxygens (including phenoxy) is 1. The molecule has 0 atom stereocenters. The van der Waals surface area contributed by atoms with Gasteiger partial charge in [-0.25, -0.2) is 8.78 Å². The van der Waals surface area contributed by atoms with E-state index in [0.717, 1.165) is 11.6 Å². The molecule has 0 radical (unpaired) electrons. The Hall–Kier alpha value is -1.75. The first-order valence-corrected chi connectivity index (χ1v) is 7.03. The van der Waals surface area contributed by atoms with Crippen LogP contribution in [0.2, 0.25) is 0 Å². The molecule has 0 aromatic heterocycles. The first-order valence-electron chi connectivity index (χ1n) is 6.24. The Kier molecular flexibility index (Phi) is 4.73. The Bertz CT molecular complexity index is 699. The highest BCUT2D eigenvalue weighted by Gasteiger charge is 2.17. The number of hydrogen-bond acceptors (Lipinski definition) is 2. The number of hydrogen-bond donors (Lipinski definition) is 0. The fraction of sp³-hybridized carbons (Fsp3) is 0.188. The van der Waals surface area contributed by atoms with E-state index in [-0.39, 0.29) is 22.2 Å². The van der Waals surface area contributed by atoms with Gasteiger partial charge in [0.25, 0.3) is 0 Å². The zero-order valence-corrected chi connectivity index (χ0v) is 13.1. The largest absolute Gasteiger partial charge is 0.496 e. The first kappa shape index (κ1) is 15.6. The number of Topliss-reactive ketones (excluding diaryl/α,β-unsaturated/α-hetero) is 1. The van der Waals surface area contributed by atoms with E-state index in [2.05, 4.69) is 15.9 Å². The summed E-state index contributed by atoms with van der Waals surface area (Å²) in [5.74, 6) is -1.16. The van der Waals surface area contributed by atoms with E-state index in [1.807, 2.05) is 0 Å². The summed E-state index contributed by atoms with van der Waals surface area (Å²) in [5, 5.41) is 0. The Morgan fingerprint density at radius 3 is 2.57 bits per heavy atom. The van der Waals surface area contributed by atoms with E-state index < -0.39 is 11.6 Å². The van der Waals surface area contributed by atoms with Crippen molar-refractivity contribution in [2.75, 3.05) is 7.11 Å².